The minimum atomic E-state index is -0.311. The highest BCUT2D eigenvalue weighted by Crippen LogP contribution is 2.33. The van der Waals surface area contributed by atoms with Crippen molar-refractivity contribution in [1.82, 2.24) is 9.78 Å². The van der Waals surface area contributed by atoms with E-state index >= 15 is 0 Å². The third kappa shape index (κ3) is 2.73. The first-order chi connectivity index (χ1) is 10.1. The van der Waals surface area contributed by atoms with E-state index in [1.807, 2.05) is 24.3 Å². The number of rotatable bonds is 2. The van der Waals surface area contributed by atoms with Gasteiger partial charge in [0.1, 0.15) is 11.5 Å². The van der Waals surface area contributed by atoms with Crippen LogP contribution < -0.4 is 5.73 Å². The van der Waals surface area contributed by atoms with Crippen LogP contribution in [-0.2, 0) is 0 Å². The number of hydrogen-bond donors (Lipinski definition) is 1. The Morgan fingerprint density at radius 1 is 1.05 bits per heavy atom. The molecule has 0 saturated heterocycles. The molecule has 0 aliphatic carbocycles. The molecule has 0 radical (unpaired) electrons. The monoisotopic (exact) mass is 409 g/mol. The summed E-state index contributed by atoms with van der Waals surface area (Å²) in [6, 6.07) is 12.1. The average molecular weight is 411 g/mol. The summed E-state index contributed by atoms with van der Waals surface area (Å²) in [5.74, 6) is -0.311. The van der Waals surface area contributed by atoms with E-state index in [1.165, 1.54) is 12.1 Å². The molecule has 0 spiro atoms. The van der Waals surface area contributed by atoms with Crippen molar-refractivity contribution in [1.29, 1.82) is 0 Å². The lowest BCUT2D eigenvalue weighted by atomic mass is 10.1. The number of anilines is 1. The number of nitrogens with zero attached hydrogens (tertiary/aromatic N) is 2. The van der Waals surface area contributed by atoms with E-state index in [0.29, 0.717) is 15.9 Å². The second-order valence-corrected chi connectivity index (χ2v) is 6.16. The Kier molecular flexibility index (Phi) is 3.82. The van der Waals surface area contributed by atoms with E-state index in [2.05, 4.69) is 37.0 Å². The van der Waals surface area contributed by atoms with Crippen LogP contribution in [0.3, 0.4) is 0 Å². The third-order valence-electron chi connectivity index (χ3n) is 3.03. The molecule has 0 fully saturated rings. The largest absolute Gasteiger partial charge is 0.396 e. The third-order valence-corrected chi connectivity index (χ3v) is 4.35. The molecule has 0 amide bonds. The number of aromatic nitrogens is 2. The van der Waals surface area contributed by atoms with Gasteiger partial charge in [-0.1, -0.05) is 12.1 Å². The fourth-order valence-electron chi connectivity index (χ4n) is 2.04. The maximum absolute atomic E-state index is 13.2. The first kappa shape index (κ1) is 14.3. The number of nitrogen functional groups attached to an aromatic ring is 1. The van der Waals surface area contributed by atoms with Gasteiger partial charge < -0.3 is 5.73 Å². The van der Waals surface area contributed by atoms with E-state index in [9.17, 15) is 4.39 Å². The fourth-order valence-corrected chi connectivity index (χ4v) is 3.04. The van der Waals surface area contributed by atoms with Gasteiger partial charge in [-0.3, -0.25) is 0 Å². The molecule has 2 aromatic carbocycles. The Hall–Kier alpha value is -1.66. The zero-order chi connectivity index (χ0) is 15.0. The highest BCUT2D eigenvalue weighted by molar-refractivity contribution is 9.11. The van der Waals surface area contributed by atoms with Gasteiger partial charge in [0.25, 0.3) is 0 Å². The second-order valence-electron chi connectivity index (χ2n) is 4.45. The quantitative estimate of drug-likeness (QED) is 0.660. The summed E-state index contributed by atoms with van der Waals surface area (Å²) in [7, 11) is 0. The maximum Gasteiger partial charge on any atom is 0.124 e. The molecule has 0 saturated carbocycles. The minimum absolute atomic E-state index is 0.311. The first-order valence-electron chi connectivity index (χ1n) is 6.12. The Morgan fingerprint density at radius 2 is 1.81 bits per heavy atom. The number of halogens is 3. The lowest BCUT2D eigenvalue weighted by molar-refractivity contribution is 0.627. The van der Waals surface area contributed by atoms with E-state index in [1.54, 1.807) is 16.9 Å². The highest BCUT2D eigenvalue weighted by atomic mass is 79.9. The molecule has 0 aliphatic heterocycles. The zero-order valence-corrected chi connectivity index (χ0v) is 13.9. The molecule has 0 unspecified atom stereocenters. The van der Waals surface area contributed by atoms with Gasteiger partial charge in [0.15, 0.2) is 0 Å². The molecule has 1 aromatic heterocycles. The van der Waals surface area contributed by atoms with Crippen molar-refractivity contribution >= 4 is 37.5 Å². The van der Waals surface area contributed by atoms with Crippen LogP contribution in [0.1, 0.15) is 0 Å². The molecule has 3 nitrogen and oxygen atoms in total. The summed E-state index contributed by atoms with van der Waals surface area (Å²) in [6.45, 7) is 0. The highest BCUT2D eigenvalue weighted by Gasteiger charge is 2.14. The number of nitrogens with two attached hydrogens (primary N) is 1. The van der Waals surface area contributed by atoms with Gasteiger partial charge in [-0.15, -0.1) is 0 Å². The van der Waals surface area contributed by atoms with Crippen LogP contribution in [0.15, 0.2) is 57.6 Å². The topological polar surface area (TPSA) is 43.8 Å². The van der Waals surface area contributed by atoms with Crippen molar-refractivity contribution in [2.45, 2.75) is 0 Å². The van der Waals surface area contributed by atoms with Crippen LogP contribution in [0.2, 0.25) is 0 Å². The molecule has 1 heterocycles. The van der Waals surface area contributed by atoms with E-state index in [0.717, 1.165) is 15.7 Å². The number of benzene rings is 2. The summed E-state index contributed by atoms with van der Waals surface area (Å²) < 4.78 is 16.4. The van der Waals surface area contributed by atoms with E-state index in [4.69, 9.17) is 5.73 Å². The van der Waals surface area contributed by atoms with Crippen molar-refractivity contribution in [2.24, 2.45) is 0 Å². The predicted octanol–water partition coefficient (Wildman–Crippen LogP) is 4.79. The summed E-state index contributed by atoms with van der Waals surface area (Å²) in [4.78, 5) is 0. The molecule has 2 N–H and O–H groups in total. The molecule has 0 bridgehead atoms. The fraction of sp³-hybridized carbons (Fsp3) is 0. The van der Waals surface area contributed by atoms with Crippen LogP contribution in [-0.4, -0.2) is 9.78 Å². The smallest absolute Gasteiger partial charge is 0.124 e. The van der Waals surface area contributed by atoms with Gasteiger partial charge in [-0.25, -0.2) is 9.07 Å². The van der Waals surface area contributed by atoms with E-state index in [-0.39, 0.29) is 5.82 Å². The molecular formula is C15H10Br2FN3. The molecule has 21 heavy (non-hydrogen) atoms. The SMILES string of the molecule is Nc1cn(-c2ccccc2Br)nc1-c1ccc(F)cc1Br. The maximum atomic E-state index is 13.2. The second kappa shape index (κ2) is 5.61. The van der Waals surface area contributed by atoms with Gasteiger partial charge in [0.2, 0.25) is 0 Å². The van der Waals surface area contributed by atoms with Gasteiger partial charge in [0, 0.05) is 14.5 Å². The van der Waals surface area contributed by atoms with Crippen LogP contribution in [0, 0.1) is 5.82 Å². The molecular weight excluding hydrogens is 401 g/mol. The van der Waals surface area contributed by atoms with Crippen molar-refractivity contribution in [3.8, 4) is 16.9 Å². The standard InChI is InChI=1S/C15H10Br2FN3/c16-11-3-1-2-4-14(11)21-8-13(19)15(20-21)10-6-5-9(18)7-12(10)17/h1-8H,19H2. The van der Waals surface area contributed by atoms with Gasteiger partial charge in [-0.05, 0) is 62.2 Å². The van der Waals surface area contributed by atoms with Crippen LogP contribution in [0.5, 0.6) is 0 Å². The van der Waals surface area contributed by atoms with E-state index < -0.39 is 0 Å². The van der Waals surface area contributed by atoms with Crippen molar-refractivity contribution < 1.29 is 4.39 Å². The number of hydrogen-bond acceptors (Lipinski definition) is 2. The first-order valence-corrected chi connectivity index (χ1v) is 7.70. The Balaban J connectivity index is 2.12. The Bertz CT molecular complexity index is 814. The Labute approximate surface area is 137 Å². The van der Waals surface area contributed by atoms with Gasteiger partial charge in [-0.2, -0.15) is 5.10 Å². The summed E-state index contributed by atoms with van der Waals surface area (Å²) >= 11 is 6.83. The van der Waals surface area contributed by atoms with Crippen molar-refractivity contribution in [2.75, 3.05) is 5.73 Å². The normalized spacial score (nSPS) is 10.8. The summed E-state index contributed by atoms with van der Waals surface area (Å²) in [5.41, 5.74) is 8.82. The molecule has 3 rings (SSSR count). The average Bonchev–Trinajstić information content (AvgIpc) is 2.81. The minimum Gasteiger partial charge on any atom is -0.396 e. The molecule has 0 atom stereocenters. The van der Waals surface area contributed by atoms with Crippen molar-refractivity contribution in [3.63, 3.8) is 0 Å². The molecule has 0 aliphatic rings. The Morgan fingerprint density at radius 3 is 2.52 bits per heavy atom. The number of para-hydroxylation sites is 1. The van der Waals surface area contributed by atoms with Crippen LogP contribution >= 0.6 is 31.9 Å². The predicted molar refractivity (Wildman–Crippen MR) is 88.8 cm³/mol. The van der Waals surface area contributed by atoms with Crippen molar-refractivity contribution in [3.05, 3.63) is 63.4 Å². The summed E-state index contributed by atoms with van der Waals surface area (Å²) in [5, 5.41) is 4.51. The molecule has 106 valence electrons. The van der Waals surface area contributed by atoms with Gasteiger partial charge >= 0.3 is 0 Å². The van der Waals surface area contributed by atoms with Crippen LogP contribution in [0.25, 0.3) is 16.9 Å². The molecule has 6 heteroatoms. The zero-order valence-electron chi connectivity index (χ0n) is 10.7. The lowest BCUT2D eigenvalue weighted by Crippen LogP contribution is -1.96. The lowest BCUT2D eigenvalue weighted by Gasteiger charge is -2.04. The van der Waals surface area contributed by atoms with Gasteiger partial charge in [0.05, 0.1) is 17.6 Å². The molecule has 3 aromatic rings. The summed E-state index contributed by atoms with van der Waals surface area (Å²) in [6.07, 6.45) is 1.74. The van der Waals surface area contributed by atoms with Crippen LogP contribution in [0.4, 0.5) is 10.1 Å².